The van der Waals surface area contributed by atoms with E-state index in [9.17, 15) is 0 Å². The minimum absolute atomic E-state index is 0.675. The Kier molecular flexibility index (Phi) is 3.74. The summed E-state index contributed by atoms with van der Waals surface area (Å²) < 4.78 is 7.52. The van der Waals surface area contributed by atoms with Gasteiger partial charge in [0.25, 0.3) is 0 Å². The molecule has 0 atom stereocenters. The van der Waals surface area contributed by atoms with Crippen LogP contribution in [0.15, 0.2) is 30.5 Å². The Hall–Kier alpha value is -1.41. The molecule has 0 aliphatic rings. The number of aryl methyl sites for hydroxylation is 1. The number of nitrogen functional groups attached to an aromatic ring is 1. The van der Waals surface area contributed by atoms with Crippen LogP contribution in [0.2, 0.25) is 5.21 Å². The molecule has 1 aromatic heterocycles. The summed E-state index contributed by atoms with van der Waals surface area (Å²) in [5, 5.41) is 5.08. The molecule has 0 saturated heterocycles. The van der Waals surface area contributed by atoms with Crippen molar-refractivity contribution in [3.05, 3.63) is 30.5 Å². The number of anilines is 1. The molecule has 0 fully saturated rings. The summed E-state index contributed by atoms with van der Waals surface area (Å²) in [5.74, 6) is 0.842. The summed E-state index contributed by atoms with van der Waals surface area (Å²) in [4.78, 5) is 0. The maximum absolute atomic E-state index is 5.82. The molecule has 0 spiro atoms. The number of benzene rings is 1. The zero-order valence-electron chi connectivity index (χ0n) is 9.63. The van der Waals surface area contributed by atoms with Crippen LogP contribution in [-0.2, 0) is 7.05 Å². The van der Waals surface area contributed by atoms with E-state index < -0.39 is 0 Å². The SMILES string of the molecule is Cn1nccc1-c1cc(N)ccc1OCC[As]. The summed E-state index contributed by atoms with van der Waals surface area (Å²) in [6.45, 7) is 0.675. The molecular weight excluding hydrogens is 277 g/mol. The Bertz CT molecular complexity index is 510. The third-order valence-electron chi connectivity index (χ3n) is 2.45. The second-order valence-corrected chi connectivity index (χ2v) is 4.61. The van der Waals surface area contributed by atoms with Crippen molar-refractivity contribution < 1.29 is 4.74 Å². The normalized spacial score (nSPS) is 10.5. The molecule has 0 amide bonds. The second kappa shape index (κ2) is 5.28. The van der Waals surface area contributed by atoms with E-state index in [2.05, 4.69) is 22.0 Å². The summed E-state index contributed by atoms with van der Waals surface area (Å²) in [5.41, 5.74) is 8.52. The number of rotatable bonds is 4. The molecule has 0 saturated carbocycles. The Morgan fingerprint density at radius 1 is 1.41 bits per heavy atom. The van der Waals surface area contributed by atoms with Crippen molar-refractivity contribution in [1.29, 1.82) is 0 Å². The van der Waals surface area contributed by atoms with Gasteiger partial charge in [0, 0.05) is 0 Å². The van der Waals surface area contributed by atoms with Crippen LogP contribution in [0.25, 0.3) is 11.3 Å². The average Bonchev–Trinajstić information content (AvgIpc) is 2.74. The van der Waals surface area contributed by atoms with E-state index >= 15 is 0 Å². The molecule has 5 heteroatoms. The van der Waals surface area contributed by atoms with Crippen molar-refractivity contribution in [3.8, 4) is 17.0 Å². The molecule has 2 N–H and O–H groups in total. The van der Waals surface area contributed by atoms with E-state index in [0.717, 1.165) is 27.9 Å². The van der Waals surface area contributed by atoms with Gasteiger partial charge in [-0.2, -0.15) is 0 Å². The topological polar surface area (TPSA) is 53.1 Å². The van der Waals surface area contributed by atoms with Gasteiger partial charge in [0.1, 0.15) is 0 Å². The van der Waals surface area contributed by atoms with Crippen molar-refractivity contribution in [2.24, 2.45) is 7.05 Å². The van der Waals surface area contributed by atoms with E-state index in [-0.39, 0.29) is 0 Å². The van der Waals surface area contributed by atoms with Gasteiger partial charge >= 0.3 is 109 Å². The van der Waals surface area contributed by atoms with Crippen LogP contribution in [0.1, 0.15) is 0 Å². The molecule has 2 aromatic rings. The van der Waals surface area contributed by atoms with Crippen LogP contribution in [0.3, 0.4) is 0 Å². The first-order valence-electron chi connectivity index (χ1n) is 5.34. The van der Waals surface area contributed by atoms with E-state index in [1.54, 1.807) is 6.20 Å². The minimum atomic E-state index is 0.675. The zero-order chi connectivity index (χ0) is 12.3. The van der Waals surface area contributed by atoms with E-state index in [1.165, 1.54) is 0 Å². The molecule has 2 rings (SSSR count). The van der Waals surface area contributed by atoms with Crippen LogP contribution < -0.4 is 10.5 Å². The first-order chi connectivity index (χ1) is 8.22. The maximum atomic E-state index is 5.82. The van der Waals surface area contributed by atoms with Gasteiger partial charge < -0.3 is 0 Å². The van der Waals surface area contributed by atoms with Crippen molar-refractivity contribution in [2.75, 3.05) is 12.3 Å². The van der Waals surface area contributed by atoms with Gasteiger partial charge in [0.15, 0.2) is 0 Å². The van der Waals surface area contributed by atoms with Crippen LogP contribution >= 0.6 is 0 Å². The van der Waals surface area contributed by atoms with Gasteiger partial charge in [-0.1, -0.05) is 0 Å². The molecule has 0 aliphatic carbocycles. The Labute approximate surface area is 109 Å². The van der Waals surface area contributed by atoms with Crippen LogP contribution in [-0.4, -0.2) is 33.2 Å². The predicted molar refractivity (Wildman–Crippen MR) is 69.1 cm³/mol. The van der Waals surface area contributed by atoms with Crippen LogP contribution in [0, 0.1) is 0 Å². The van der Waals surface area contributed by atoms with E-state index in [0.29, 0.717) is 6.61 Å². The Balaban J connectivity index is 2.43. The Morgan fingerprint density at radius 2 is 2.24 bits per heavy atom. The molecule has 1 aromatic carbocycles. The van der Waals surface area contributed by atoms with Crippen LogP contribution in [0.4, 0.5) is 5.69 Å². The number of nitrogens with two attached hydrogens (primary N) is 1. The second-order valence-electron chi connectivity index (χ2n) is 3.67. The standard InChI is InChI=1S/C12H14AsN3O/c1-16-11(4-6-15-16)10-8-9(14)2-3-12(10)17-7-5-13/h2-4,6,8H,5,7,14H2,1H3. The fourth-order valence-electron chi connectivity index (χ4n) is 1.67. The number of hydrogen-bond donors (Lipinski definition) is 1. The summed E-state index contributed by atoms with van der Waals surface area (Å²) in [7, 11) is 1.90. The number of hydrogen-bond acceptors (Lipinski definition) is 3. The summed E-state index contributed by atoms with van der Waals surface area (Å²) in [6.07, 6.45) is 1.76. The number of nitrogens with zero attached hydrogens (tertiary/aromatic N) is 2. The molecule has 0 bridgehead atoms. The van der Waals surface area contributed by atoms with Crippen molar-refractivity contribution in [1.82, 2.24) is 9.78 Å². The zero-order valence-corrected chi connectivity index (χ0v) is 11.5. The van der Waals surface area contributed by atoms with Gasteiger partial charge in [-0.3, -0.25) is 0 Å². The van der Waals surface area contributed by atoms with Gasteiger partial charge in [0.2, 0.25) is 0 Å². The Morgan fingerprint density at radius 3 is 2.88 bits per heavy atom. The third kappa shape index (κ3) is 2.64. The first-order valence-corrected chi connectivity index (χ1v) is 6.66. The quantitative estimate of drug-likeness (QED) is 0.688. The number of aromatic nitrogens is 2. The monoisotopic (exact) mass is 291 g/mol. The molecule has 88 valence electrons. The van der Waals surface area contributed by atoms with Crippen molar-refractivity contribution in [2.45, 2.75) is 5.21 Å². The fourth-order valence-corrected chi connectivity index (χ4v) is 1.86. The third-order valence-corrected chi connectivity index (χ3v) is 2.83. The fraction of sp³-hybridized carbons (Fsp3) is 0.250. The molecular formula is C12H14AsN3O. The van der Waals surface area contributed by atoms with Gasteiger partial charge in [-0.25, -0.2) is 0 Å². The van der Waals surface area contributed by atoms with Crippen molar-refractivity contribution in [3.63, 3.8) is 0 Å². The van der Waals surface area contributed by atoms with E-state index in [1.807, 2.05) is 36.0 Å². The summed E-state index contributed by atoms with van der Waals surface area (Å²) >= 11 is 2.50. The molecule has 0 unspecified atom stereocenters. The molecule has 4 nitrogen and oxygen atoms in total. The molecule has 17 heavy (non-hydrogen) atoms. The molecule has 2 radical (unpaired) electrons. The first kappa shape index (κ1) is 12.1. The van der Waals surface area contributed by atoms with E-state index in [4.69, 9.17) is 10.5 Å². The molecule has 1 heterocycles. The average molecular weight is 291 g/mol. The predicted octanol–water partition coefficient (Wildman–Crippen LogP) is 1.63. The van der Waals surface area contributed by atoms with Gasteiger partial charge in [0.05, 0.1) is 0 Å². The van der Waals surface area contributed by atoms with Gasteiger partial charge in [-0.15, -0.1) is 0 Å². The van der Waals surface area contributed by atoms with Crippen molar-refractivity contribution >= 4 is 22.5 Å². The molecule has 0 aliphatic heterocycles. The van der Waals surface area contributed by atoms with Crippen LogP contribution in [0.5, 0.6) is 5.75 Å². The number of ether oxygens (including phenoxy) is 1. The van der Waals surface area contributed by atoms with Gasteiger partial charge in [-0.05, 0) is 0 Å². The summed E-state index contributed by atoms with van der Waals surface area (Å²) in [6, 6.07) is 7.61.